The molecule has 150 valence electrons. The maximum atomic E-state index is 12.8. The number of halogens is 1. The van der Waals surface area contributed by atoms with Gasteiger partial charge in [-0.25, -0.2) is 8.42 Å². The summed E-state index contributed by atoms with van der Waals surface area (Å²) in [6, 6.07) is 19.0. The molecule has 0 heterocycles. The van der Waals surface area contributed by atoms with E-state index in [1.165, 1.54) is 18.2 Å². The Morgan fingerprint density at radius 2 is 1.66 bits per heavy atom. The molecule has 3 rings (SSSR count). The van der Waals surface area contributed by atoms with E-state index < -0.39 is 10.0 Å². The van der Waals surface area contributed by atoms with E-state index in [9.17, 15) is 13.2 Å². The van der Waals surface area contributed by atoms with Crippen molar-refractivity contribution in [2.45, 2.75) is 25.3 Å². The summed E-state index contributed by atoms with van der Waals surface area (Å²) in [6.45, 7) is 4.19. The molecule has 0 saturated carbocycles. The summed E-state index contributed by atoms with van der Waals surface area (Å²) in [6.07, 6.45) is 0. The highest BCUT2D eigenvalue weighted by atomic mass is 35.5. The van der Waals surface area contributed by atoms with Crippen LogP contribution in [0.3, 0.4) is 0 Å². The minimum Gasteiger partial charge on any atom is -0.348 e. The summed E-state index contributed by atoms with van der Waals surface area (Å²) in [5, 5.41) is 2.83. The van der Waals surface area contributed by atoms with Gasteiger partial charge in [0.2, 0.25) is 0 Å². The van der Waals surface area contributed by atoms with Crippen molar-refractivity contribution in [3.05, 3.63) is 94.0 Å². The summed E-state index contributed by atoms with van der Waals surface area (Å²) in [4.78, 5) is 12.4. The third-order valence-electron chi connectivity index (χ3n) is 4.33. The second-order valence-corrected chi connectivity index (χ2v) is 8.85. The van der Waals surface area contributed by atoms with Crippen LogP contribution in [-0.2, 0) is 16.6 Å². The van der Waals surface area contributed by atoms with Crippen molar-refractivity contribution in [3.8, 4) is 0 Å². The number of carbonyl (C=O) groups excluding carboxylic acids is 1. The van der Waals surface area contributed by atoms with Gasteiger partial charge in [0.05, 0.1) is 5.02 Å². The van der Waals surface area contributed by atoms with Crippen LogP contribution in [0.5, 0.6) is 0 Å². The van der Waals surface area contributed by atoms with Gasteiger partial charge in [-0.15, -0.1) is 0 Å². The smallest absolute Gasteiger partial charge is 0.263 e. The molecule has 0 saturated heterocycles. The van der Waals surface area contributed by atoms with Crippen LogP contribution in [0, 0.1) is 13.8 Å². The Hall–Kier alpha value is -2.83. The van der Waals surface area contributed by atoms with Crippen molar-refractivity contribution < 1.29 is 13.2 Å². The third-order valence-corrected chi connectivity index (χ3v) is 6.19. The first kappa shape index (κ1) is 20.9. The molecule has 5 nitrogen and oxygen atoms in total. The highest BCUT2D eigenvalue weighted by Crippen LogP contribution is 2.25. The zero-order valence-electron chi connectivity index (χ0n) is 16.1. The summed E-state index contributed by atoms with van der Waals surface area (Å²) < 4.78 is 28.1. The number of benzene rings is 3. The Balaban J connectivity index is 1.79. The molecule has 7 heteroatoms. The first-order chi connectivity index (χ1) is 13.7. The number of sulfonamides is 1. The molecule has 29 heavy (non-hydrogen) atoms. The van der Waals surface area contributed by atoms with Crippen LogP contribution in [0.1, 0.15) is 27.0 Å². The fourth-order valence-corrected chi connectivity index (χ4v) is 4.34. The molecular weight excluding hydrogens is 408 g/mol. The third kappa shape index (κ3) is 5.37. The number of rotatable bonds is 6. The quantitative estimate of drug-likeness (QED) is 0.598. The molecule has 0 aliphatic heterocycles. The van der Waals surface area contributed by atoms with Crippen molar-refractivity contribution in [1.82, 2.24) is 5.32 Å². The van der Waals surface area contributed by atoms with E-state index in [0.717, 1.165) is 16.7 Å². The topological polar surface area (TPSA) is 75.3 Å². The summed E-state index contributed by atoms with van der Waals surface area (Å²) in [7, 11) is -3.95. The van der Waals surface area contributed by atoms with Crippen molar-refractivity contribution in [2.75, 3.05) is 4.72 Å². The number of aryl methyl sites for hydroxylation is 2. The van der Waals surface area contributed by atoms with Crippen molar-refractivity contribution in [3.63, 3.8) is 0 Å². The predicted octanol–water partition coefficient (Wildman–Crippen LogP) is 4.69. The lowest BCUT2D eigenvalue weighted by Crippen LogP contribution is -2.23. The van der Waals surface area contributed by atoms with E-state index in [4.69, 9.17) is 11.6 Å². The number of hydrogen-bond acceptors (Lipinski definition) is 3. The molecule has 0 bridgehead atoms. The van der Waals surface area contributed by atoms with Gasteiger partial charge in [-0.05, 0) is 55.3 Å². The molecule has 0 aliphatic carbocycles. The lowest BCUT2D eigenvalue weighted by molar-refractivity contribution is 0.0950. The maximum Gasteiger partial charge on any atom is 0.263 e. The fourth-order valence-electron chi connectivity index (χ4n) is 2.76. The average molecular weight is 429 g/mol. The Bertz CT molecular complexity index is 1140. The monoisotopic (exact) mass is 428 g/mol. The average Bonchev–Trinajstić information content (AvgIpc) is 2.67. The Morgan fingerprint density at radius 1 is 0.931 bits per heavy atom. The highest BCUT2D eigenvalue weighted by molar-refractivity contribution is 7.92. The van der Waals surface area contributed by atoms with Gasteiger partial charge < -0.3 is 5.32 Å². The van der Waals surface area contributed by atoms with Crippen molar-refractivity contribution in [1.29, 1.82) is 0 Å². The highest BCUT2D eigenvalue weighted by Gasteiger charge is 2.20. The minimum absolute atomic E-state index is 0.0419. The Morgan fingerprint density at radius 3 is 2.34 bits per heavy atom. The summed E-state index contributed by atoms with van der Waals surface area (Å²) in [5.74, 6) is -0.380. The van der Waals surface area contributed by atoms with Crippen LogP contribution < -0.4 is 10.0 Å². The van der Waals surface area contributed by atoms with Crippen molar-refractivity contribution >= 4 is 33.2 Å². The van der Waals surface area contributed by atoms with Gasteiger partial charge in [-0.1, -0.05) is 53.6 Å². The summed E-state index contributed by atoms with van der Waals surface area (Å²) >= 11 is 6.12. The molecule has 1 amide bonds. The number of carbonyl (C=O) groups is 1. The fraction of sp³-hybridized carbons (Fsp3) is 0.136. The lowest BCUT2D eigenvalue weighted by atomic mass is 10.1. The zero-order valence-corrected chi connectivity index (χ0v) is 17.6. The van der Waals surface area contributed by atoms with E-state index in [0.29, 0.717) is 12.2 Å². The minimum atomic E-state index is -3.95. The predicted molar refractivity (Wildman–Crippen MR) is 116 cm³/mol. The van der Waals surface area contributed by atoms with Crippen LogP contribution >= 0.6 is 11.6 Å². The van der Waals surface area contributed by atoms with Gasteiger partial charge in [0.1, 0.15) is 4.90 Å². The molecule has 0 unspecified atom stereocenters. The van der Waals surface area contributed by atoms with E-state index in [1.54, 1.807) is 18.2 Å². The first-order valence-electron chi connectivity index (χ1n) is 8.97. The maximum absolute atomic E-state index is 12.8. The molecule has 0 aliphatic rings. The second kappa shape index (κ2) is 8.68. The molecule has 0 radical (unpaired) electrons. The standard InChI is InChI=1S/C22H21ClN2O3S/c1-15-6-8-17(9-7-15)14-24-22(26)18-10-11-20(23)21(13-18)29(27,28)25-19-5-3-4-16(2)12-19/h3-13,25H,14H2,1-2H3,(H,24,26). The normalized spacial score (nSPS) is 11.1. The van der Waals surface area contributed by atoms with Gasteiger partial charge in [0.25, 0.3) is 15.9 Å². The summed E-state index contributed by atoms with van der Waals surface area (Å²) in [5.41, 5.74) is 3.64. The van der Waals surface area contributed by atoms with Gasteiger partial charge in [0.15, 0.2) is 0 Å². The SMILES string of the molecule is Cc1ccc(CNC(=O)c2ccc(Cl)c(S(=O)(=O)Nc3cccc(C)c3)c2)cc1. The number of amides is 1. The van der Waals surface area contributed by atoms with Gasteiger partial charge in [-0.2, -0.15) is 0 Å². The van der Waals surface area contributed by atoms with Crippen LogP contribution in [0.4, 0.5) is 5.69 Å². The van der Waals surface area contributed by atoms with Gasteiger partial charge in [0, 0.05) is 17.8 Å². The van der Waals surface area contributed by atoms with Crippen LogP contribution in [0.2, 0.25) is 5.02 Å². The number of nitrogens with one attached hydrogen (secondary N) is 2. The van der Waals surface area contributed by atoms with E-state index >= 15 is 0 Å². The lowest BCUT2D eigenvalue weighted by Gasteiger charge is -2.12. The molecule has 3 aromatic carbocycles. The van der Waals surface area contributed by atoms with Crippen LogP contribution in [0.25, 0.3) is 0 Å². The second-order valence-electron chi connectivity index (χ2n) is 6.79. The Kier molecular flexibility index (Phi) is 6.25. The zero-order chi connectivity index (χ0) is 21.0. The van der Waals surface area contributed by atoms with Crippen molar-refractivity contribution in [2.24, 2.45) is 0 Å². The molecule has 2 N–H and O–H groups in total. The van der Waals surface area contributed by atoms with E-state index in [1.807, 2.05) is 44.2 Å². The molecule has 0 aromatic heterocycles. The Labute approximate surface area is 175 Å². The molecular formula is C22H21ClN2O3S. The van der Waals surface area contributed by atoms with E-state index in [-0.39, 0.29) is 21.4 Å². The largest absolute Gasteiger partial charge is 0.348 e. The number of anilines is 1. The first-order valence-corrected chi connectivity index (χ1v) is 10.8. The number of hydrogen-bond donors (Lipinski definition) is 2. The molecule has 3 aromatic rings. The van der Waals surface area contributed by atoms with Gasteiger partial charge in [-0.3, -0.25) is 9.52 Å². The molecule has 0 atom stereocenters. The van der Waals surface area contributed by atoms with Crippen LogP contribution in [0.15, 0.2) is 71.6 Å². The van der Waals surface area contributed by atoms with Crippen LogP contribution in [-0.4, -0.2) is 14.3 Å². The van der Waals surface area contributed by atoms with E-state index in [2.05, 4.69) is 10.0 Å². The molecule has 0 spiro atoms. The molecule has 0 fully saturated rings. The van der Waals surface area contributed by atoms with Gasteiger partial charge >= 0.3 is 0 Å².